The average Bonchev–Trinajstić information content (AvgIpc) is 2.88. The molecule has 0 bridgehead atoms. The molecule has 2 heterocycles. The fraction of sp³-hybridized carbons (Fsp3) is 0.464. The largest absolute Gasteiger partial charge is 0.497 e. The van der Waals surface area contributed by atoms with Gasteiger partial charge in [0.25, 0.3) is 0 Å². The van der Waals surface area contributed by atoms with E-state index in [1.54, 1.807) is 13.3 Å². The Kier molecular flexibility index (Phi) is 8.84. The molecule has 0 aliphatic carbocycles. The number of pyridine rings is 1. The number of aromatic nitrogens is 1. The molecule has 0 saturated carbocycles. The Hall–Kier alpha value is -2.12. The Balaban J connectivity index is 1.29. The zero-order valence-corrected chi connectivity index (χ0v) is 21.0. The minimum absolute atomic E-state index is 0.206. The van der Waals surface area contributed by atoms with Crippen LogP contribution in [-0.2, 0) is 0 Å². The quantitative estimate of drug-likeness (QED) is 0.394. The predicted molar refractivity (Wildman–Crippen MR) is 140 cm³/mol. The number of benzene rings is 2. The topological polar surface area (TPSA) is 65.8 Å². The van der Waals surface area contributed by atoms with E-state index in [1.807, 2.05) is 36.0 Å². The number of aliphatic hydroxyl groups excluding tert-OH is 2. The van der Waals surface area contributed by atoms with Crippen molar-refractivity contribution in [2.45, 2.75) is 37.2 Å². The Morgan fingerprint density at radius 1 is 1.15 bits per heavy atom. The standard InChI is InChI=1S/C28H36N2O3S/c1-20-3-7-24(8-4-20)34-16-15-30-14-12-21(22(18-30)19-31)5-10-28(32)25-11-13-29-27-9-6-23(33-2)17-26(25)27/h3-4,6-9,11,13,17,21-22,28,31-32H,5,10,12,14-16,18-19H2,1-2H3/t21-,22-,28+/m1/s1. The lowest BCUT2D eigenvalue weighted by Gasteiger charge is -2.38. The van der Waals surface area contributed by atoms with Crippen LogP contribution in [0.4, 0.5) is 0 Å². The van der Waals surface area contributed by atoms with E-state index in [0.29, 0.717) is 12.3 Å². The molecule has 1 aliphatic heterocycles. The SMILES string of the molecule is COc1ccc2nccc([C@@H](O)CC[C@@H]3CCN(CCSc4ccc(C)cc4)C[C@@H]3CO)c2c1. The molecule has 2 aromatic carbocycles. The number of piperidine rings is 1. The van der Waals surface area contributed by atoms with Crippen LogP contribution >= 0.6 is 11.8 Å². The Morgan fingerprint density at radius 3 is 2.74 bits per heavy atom. The molecule has 182 valence electrons. The average molecular weight is 481 g/mol. The zero-order chi connectivity index (χ0) is 23.9. The normalized spacial score (nSPS) is 19.9. The van der Waals surface area contributed by atoms with E-state index < -0.39 is 6.10 Å². The fourth-order valence-electron chi connectivity index (χ4n) is 4.96. The van der Waals surface area contributed by atoms with Crippen molar-refractivity contribution < 1.29 is 14.9 Å². The van der Waals surface area contributed by atoms with Gasteiger partial charge in [-0.1, -0.05) is 17.7 Å². The van der Waals surface area contributed by atoms with Gasteiger partial charge >= 0.3 is 0 Å². The number of methoxy groups -OCH3 is 1. The lowest BCUT2D eigenvalue weighted by Crippen LogP contribution is -2.43. The molecule has 1 fully saturated rings. The van der Waals surface area contributed by atoms with Gasteiger partial charge < -0.3 is 19.8 Å². The minimum atomic E-state index is -0.555. The molecule has 1 aromatic heterocycles. The van der Waals surface area contributed by atoms with E-state index in [2.05, 4.69) is 41.1 Å². The number of hydrogen-bond donors (Lipinski definition) is 2. The van der Waals surface area contributed by atoms with Crippen molar-refractivity contribution in [3.63, 3.8) is 0 Å². The van der Waals surface area contributed by atoms with E-state index in [1.165, 1.54) is 10.5 Å². The Bertz CT molecular complexity index is 1060. The summed E-state index contributed by atoms with van der Waals surface area (Å²) in [6.45, 7) is 5.35. The molecule has 0 radical (unpaired) electrons. The molecule has 1 saturated heterocycles. The van der Waals surface area contributed by atoms with Gasteiger partial charge in [0.2, 0.25) is 0 Å². The van der Waals surface area contributed by atoms with Crippen molar-refractivity contribution in [2.75, 3.05) is 39.1 Å². The van der Waals surface area contributed by atoms with Gasteiger partial charge in [-0.15, -0.1) is 11.8 Å². The second-order valence-corrected chi connectivity index (χ2v) is 10.5. The molecule has 0 amide bonds. The van der Waals surface area contributed by atoms with Crippen molar-refractivity contribution >= 4 is 22.7 Å². The number of thioether (sulfide) groups is 1. The van der Waals surface area contributed by atoms with Crippen molar-refractivity contribution in [1.29, 1.82) is 0 Å². The van der Waals surface area contributed by atoms with Crippen LogP contribution < -0.4 is 4.74 Å². The van der Waals surface area contributed by atoms with Gasteiger partial charge in [0.15, 0.2) is 0 Å². The summed E-state index contributed by atoms with van der Waals surface area (Å²) in [7, 11) is 1.65. The summed E-state index contributed by atoms with van der Waals surface area (Å²) in [6.07, 6.45) is 3.86. The number of ether oxygens (including phenoxy) is 1. The van der Waals surface area contributed by atoms with Crippen molar-refractivity contribution in [1.82, 2.24) is 9.88 Å². The first-order valence-corrected chi connectivity index (χ1v) is 13.2. The van der Waals surface area contributed by atoms with Gasteiger partial charge in [0, 0.05) is 41.9 Å². The van der Waals surface area contributed by atoms with E-state index in [-0.39, 0.29) is 12.5 Å². The number of aryl methyl sites for hydroxylation is 1. The van der Waals surface area contributed by atoms with Crippen LogP contribution in [0.15, 0.2) is 59.6 Å². The fourth-order valence-corrected chi connectivity index (χ4v) is 5.88. The van der Waals surface area contributed by atoms with Gasteiger partial charge in [-0.05, 0) is 86.5 Å². The molecule has 2 N–H and O–H groups in total. The minimum Gasteiger partial charge on any atom is -0.497 e. The highest BCUT2D eigenvalue weighted by atomic mass is 32.2. The van der Waals surface area contributed by atoms with Gasteiger partial charge in [-0.3, -0.25) is 4.98 Å². The van der Waals surface area contributed by atoms with Crippen molar-refractivity contribution in [2.24, 2.45) is 11.8 Å². The number of likely N-dealkylation sites (tertiary alicyclic amines) is 1. The zero-order valence-electron chi connectivity index (χ0n) is 20.2. The van der Waals surface area contributed by atoms with E-state index >= 15 is 0 Å². The molecule has 5 nitrogen and oxygen atoms in total. The third-order valence-corrected chi connectivity index (χ3v) is 8.05. The van der Waals surface area contributed by atoms with Crippen LogP contribution in [0.3, 0.4) is 0 Å². The lowest BCUT2D eigenvalue weighted by atomic mass is 9.81. The molecule has 1 aliphatic rings. The number of hydrogen-bond acceptors (Lipinski definition) is 6. The van der Waals surface area contributed by atoms with Crippen LogP contribution in [-0.4, -0.2) is 59.2 Å². The Labute approximate surface area is 207 Å². The van der Waals surface area contributed by atoms with Gasteiger partial charge in [-0.2, -0.15) is 0 Å². The molecule has 6 heteroatoms. The molecular formula is C28H36N2O3S. The maximum absolute atomic E-state index is 11.0. The molecule has 0 unspecified atom stereocenters. The first kappa shape index (κ1) is 25.0. The third-order valence-electron chi connectivity index (χ3n) is 7.06. The highest BCUT2D eigenvalue weighted by Crippen LogP contribution is 2.33. The first-order valence-electron chi connectivity index (χ1n) is 12.2. The van der Waals surface area contributed by atoms with Gasteiger partial charge in [0.05, 0.1) is 18.7 Å². The first-order chi connectivity index (χ1) is 16.6. The smallest absolute Gasteiger partial charge is 0.119 e. The van der Waals surface area contributed by atoms with Crippen LogP contribution in [0.1, 0.15) is 36.5 Å². The van der Waals surface area contributed by atoms with Crippen LogP contribution in [0.5, 0.6) is 5.75 Å². The summed E-state index contributed by atoms with van der Waals surface area (Å²) in [5.74, 6) is 2.52. The van der Waals surface area contributed by atoms with Gasteiger partial charge in [-0.25, -0.2) is 0 Å². The molecular weight excluding hydrogens is 444 g/mol. The van der Waals surface area contributed by atoms with Crippen LogP contribution in [0.2, 0.25) is 0 Å². The number of aliphatic hydroxyl groups is 2. The molecule has 4 rings (SSSR count). The summed E-state index contributed by atoms with van der Waals surface area (Å²) in [5.41, 5.74) is 3.05. The summed E-state index contributed by atoms with van der Waals surface area (Å²) < 4.78 is 5.37. The molecule has 0 spiro atoms. The molecule has 3 atom stereocenters. The maximum Gasteiger partial charge on any atom is 0.119 e. The summed E-state index contributed by atoms with van der Waals surface area (Å²) in [4.78, 5) is 8.22. The maximum atomic E-state index is 11.0. The lowest BCUT2D eigenvalue weighted by molar-refractivity contribution is 0.0608. The Morgan fingerprint density at radius 2 is 1.97 bits per heavy atom. The summed E-state index contributed by atoms with van der Waals surface area (Å²) in [6, 6.07) is 16.4. The van der Waals surface area contributed by atoms with Crippen LogP contribution in [0.25, 0.3) is 10.9 Å². The van der Waals surface area contributed by atoms with E-state index in [9.17, 15) is 10.2 Å². The third kappa shape index (κ3) is 6.30. The highest BCUT2D eigenvalue weighted by molar-refractivity contribution is 7.99. The van der Waals surface area contributed by atoms with E-state index in [4.69, 9.17) is 4.74 Å². The molecule has 34 heavy (non-hydrogen) atoms. The monoisotopic (exact) mass is 480 g/mol. The predicted octanol–water partition coefficient (Wildman–Crippen LogP) is 5.09. The summed E-state index contributed by atoms with van der Waals surface area (Å²) >= 11 is 1.90. The summed E-state index contributed by atoms with van der Waals surface area (Å²) in [5, 5.41) is 22.0. The van der Waals surface area contributed by atoms with E-state index in [0.717, 1.165) is 60.4 Å². The molecule has 3 aromatic rings. The number of rotatable bonds is 10. The van der Waals surface area contributed by atoms with Crippen molar-refractivity contribution in [3.8, 4) is 5.75 Å². The highest BCUT2D eigenvalue weighted by Gasteiger charge is 2.29. The van der Waals surface area contributed by atoms with Crippen molar-refractivity contribution in [3.05, 3.63) is 65.9 Å². The number of nitrogens with zero attached hydrogens (tertiary/aromatic N) is 2. The van der Waals surface area contributed by atoms with Crippen LogP contribution in [0, 0.1) is 18.8 Å². The number of fused-ring (bicyclic) bond motifs is 1. The second kappa shape index (κ2) is 12.0. The second-order valence-electron chi connectivity index (χ2n) is 9.33. The van der Waals surface area contributed by atoms with Gasteiger partial charge in [0.1, 0.15) is 5.75 Å².